The number of benzene rings is 7. The molecule has 0 amide bonds. The third kappa shape index (κ3) is 4.85. The average Bonchev–Trinajstić information content (AvgIpc) is 3.91. The fraction of sp³-hybridized carbons (Fsp3) is 0. The molecule has 0 radical (unpaired) electrons. The van der Waals surface area contributed by atoms with Gasteiger partial charge in [0.15, 0.2) is 17.5 Å². The van der Waals surface area contributed by atoms with Crippen molar-refractivity contribution in [3.8, 4) is 51.0 Å². The van der Waals surface area contributed by atoms with Crippen molar-refractivity contribution in [1.82, 2.24) is 24.5 Å². The highest BCUT2D eigenvalue weighted by atomic mass is 32.1. The summed E-state index contributed by atoms with van der Waals surface area (Å²) in [5, 5.41) is 2.34. The molecule has 0 spiro atoms. The molecule has 0 bridgehead atoms. The maximum Gasteiger partial charge on any atom is 0.166 e. The summed E-state index contributed by atoms with van der Waals surface area (Å²) in [4.78, 5) is 19.5. The fourth-order valence-corrected chi connectivity index (χ4v) is 8.21. The topological polar surface area (TPSA) is 56.5 Å². The van der Waals surface area contributed by atoms with Crippen molar-refractivity contribution in [1.29, 1.82) is 0 Å². The van der Waals surface area contributed by atoms with Crippen molar-refractivity contribution in [3.63, 3.8) is 0 Å². The smallest absolute Gasteiger partial charge is 0.166 e. The maximum absolute atomic E-state index is 9.14. The molecule has 0 aliphatic carbocycles. The molecule has 0 aliphatic heterocycles. The van der Waals surface area contributed by atoms with Crippen molar-refractivity contribution in [2.75, 3.05) is 0 Å². The summed E-state index contributed by atoms with van der Waals surface area (Å²) in [6.45, 7) is 0. The summed E-state index contributed by atoms with van der Waals surface area (Å²) in [7, 11) is 0. The zero-order valence-electron chi connectivity index (χ0n) is 40.0. The Bertz CT molecular complexity index is 3940. The van der Waals surface area contributed by atoms with E-state index in [0.29, 0.717) is 59.5 Å². The first kappa shape index (κ1) is 20.9. The molecule has 6 heteroatoms. The van der Waals surface area contributed by atoms with Crippen LogP contribution in [0.15, 0.2) is 176 Å². The van der Waals surface area contributed by atoms with E-state index in [4.69, 9.17) is 31.4 Å². The van der Waals surface area contributed by atoms with Gasteiger partial charge in [-0.15, -0.1) is 11.3 Å². The Morgan fingerprint density at radius 2 is 1.22 bits per heavy atom. The molecule has 11 aromatic rings. The van der Waals surface area contributed by atoms with E-state index >= 15 is 0 Å². The van der Waals surface area contributed by atoms with Crippen LogP contribution in [0.5, 0.6) is 0 Å². The minimum Gasteiger partial charge on any atom is -0.309 e. The number of pyridine rings is 1. The monoisotopic (exact) mass is 719 g/mol. The second-order valence-electron chi connectivity index (χ2n) is 12.5. The van der Waals surface area contributed by atoms with Crippen molar-refractivity contribution in [3.05, 3.63) is 176 Å². The standard InChI is InChI=1S/C48H29N5S/c1-5-22-41-35(15-1)36-16-2-6-23-42(36)53(41)43-24-7-3-18-40(43)48-51-46(50-47(52-48)39-21-10-14-32-29-49-27-26-33(32)39)31-13-9-12-30(28-31)34-19-11-20-38-37-17-4-8-25-44(37)54-45(34)38/h1-29H/i1D,2D,4D,5D,11D,15D,16D,17D,20D,22D,23D,25D. The predicted molar refractivity (Wildman–Crippen MR) is 224 cm³/mol. The first-order chi connectivity index (χ1) is 31.7. The lowest BCUT2D eigenvalue weighted by Crippen LogP contribution is -2.04. The highest BCUT2D eigenvalue weighted by Crippen LogP contribution is 2.41. The number of nitrogens with zero attached hydrogens (tertiary/aromatic N) is 5. The number of aromatic nitrogens is 5. The summed E-state index contributed by atoms with van der Waals surface area (Å²) in [5.74, 6) is 0.705. The van der Waals surface area contributed by atoms with Crippen LogP contribution in [0.25, 0.3) is 104 Å². The van der Waals surface area contributed by atoms with E-state index in [-0.39, 0.29) is 87.8 Å². The Morgan fingerprint density at radius 3 is 2.17 bits per heavy atom. The Kier molecular flexibility index (Phi) is 4.75. The lowest BCUT2D eigenvalue weighted by molar-refractivity contribution is 1.07. The normalized spacial score (nSPS) is 14.8. The number of hydrogen-bond donors (Lipinski definition) is 0. The van der Waals surface area contributed by atoms with E-state index in [1.807, 2.05) is 48.5 Å². The largest absolute Gasteiger partial charge is 0.309 e. The summed E-state index contributed by atoms with van der Waals surface area (Å²) < 4.78 is 108. The highest BCUT2D eigenvalue weighted by molar-refractivity contribution is 7.26. The molecule has 0 aliphatic rings. The van der Waals surface area contributed by atoms with Crippen molar-refractivity contribution in [2.24, 2.45) is 0 Å². The number of fused-ring (bicyclic) bond motifs is 7. The molecular formula is C48H29N5S. The van der Waals surface area contributed by atoms with Gasteiger partial charge in [0, 0.05) is 65.4 Å². The Balaban J connectivity index is 1.19. The Hall–Kier alpha value is -7.02. The van der Waals surface area contributed by atoms with E-state index in [0.717, 1.165) is 10.8 Å². The number of thiophene rings is 1. The van der Waals surface area contributed by atoms with Crippen LogP contribution in [0.4, 0.5) is 0 Å². The van der Waals surface area contributed by atoms with Gasteiger partial charge in [0.1, 0.15) is 0 Å². The van der Waals surface area contributed by atoms with Crippen LogP contribution in [0, 0.1) is 0 Å². The molecule has 0 fully saturated rings. The lowest BCUT2D eigenvalue weighted by atomic mass is 10.0. The summed E-state index contributed by atoms with van der Waals surface area (Å²) >= 11 is 1.24. The van der Waals surface area contributed by atoms with Crippen LogP contribution in [-0.4, -0.2) is 24.5 Å². The SMILES string of the molecule is [2H]c1cc([2H])c2sc3c(-c4cccc(-c5nc(-c6ccccc6-n6c7c([2H])cc([2H])c([2H])c7c7c([2H])c([2H])c([2H])c([2H])c76)nc(-c6cccc7cnccc67)n5)c4)cc([2H])c([2H])c3c2c1[2H]. The van der Waals surface area contributed by atoms with Gasteiger partial charge in [0.05, 0.1) is 33.2 Å². The van der Waals surface area contributed by atoms with E-state index in [1.165, 1.54) is 28.0 Å². The van der Waals surface area contributed by atoms with Gasteiger partial charge in [-0.05, 0) is 58.9 Å². The van der Waals surface area contributed by atoms with Gasteiger partial charge in [0.2, 0.25) is 0 Å². The second kappa shape index (κ2) is 12.3. The minimum absolute atomic E-state index is 0.0108. The van der Waals surface area contributed by atoms with Gasteiger partial charge in [-0.1, -0.05) is 121 Å². The van der Waals surface area contributed by atoms with Crippen LogP contribution in [0.2, 0.25) is 0 Å². The number of hydrogen-bond acceptors (Lipinski definition) is 5. The molecule has 252 valence electrons. The third-order valence-electron chi connectivity index (χ3n) is 9.49. The second-order valence-corrected chi connectivity index (χ2v) is 13.6. The van der Waals surface area contributed by atoms with Gasteiger partial charge < -0.3 is 4.57 Å². The summed E-state index contributed by atoms with van der Waals surface area (Å²) in [6, 6.07) is 23.1. The van der Waals surface area contributed by atoms with E-state index < -0.39 is 18.1 Å². The predicted octanol–water partition coefficient (Wildman–Crippen LogP) is 12.6. The van der Waals surface area contributed by atoms with Gasteiger partial charge in [-0.3, -0.25) is 4.98 Å². The molecule has 4 heterocycles. The molecule has 0 N–H and O–H groups in total. The minimum atomic E-state index is -0.507. The summed E-state index contributed by atoms with van der Waals surface area (Å²) in [5.41, 5.74) is 3.32. The van der Waals surface area contributed by atoms with Gasteiger partial charge in [-0.2, -0.15) is 0 Å². The zero-order valence-corrected chi connectivity index (χ0v) is 28.8. The van der Waals surface area contributed by atoms with Crippen molar-refractivity contribution >= 4 is 64.1 Å². The lowest BCUT2D eigenvalue weighted by Gasteiger charge is -2.15. The zero-order chi connectivity index (χ0) is 46.0. The molecule has 4 aromatic heterocycles. The van der Waals surface area contributed by atoms with Crippen molar-refractivity contribution < 1.29 is 16.4 Å². The fourth-order valence-electron chi connectivity index (χ4n) is 7.09. The third-order valence-corrected chi connectivity index (χ3v) is 10.6. The van der Waals surface area contributed by atoms with Crippen LogP contribution >= 0.6 is 11.3 Å². The molecule has 0 unspecified atom stereocenters. The molecular weight excluding hydrogens is 679 g/mol. The molecule has 11 rings (SSSR count). The first-order valence-corrected chi connectivity index (χ1v) is 17.8. The van der Waals surface area contributed by atoms with Gasteiger partial charge >= 0.3 is 0 Å². The Labute approximate surface area is 331 Å². The first-order valence-electron chi connectivity index (χ1n) is 23.0. The maximum atomic E-state index is 9.14. The van der Waals surface area contributed by atoms with Gasteiger partial charge in [0.25, 0.3) is 0 Å². The van der Waals surface area contributed by atoms with Crippen LogP contribution in [-0.2, 0) is 0 Å². The summed E-state index contributed by atoms with van der Waals surface area (Å²) in [6.07, 6.45) is 3.41. The molecule has 7 aromatic carbocycles. The number of para-hydroxylation sites is 3. The van der Waals surface area contributed by atoms with Crippen LogP contribution in [0.3, 0.4) is 0 Å². The molecule has 0 saturated heterocycles. The average molecular weight is 720 g/mol. The highest BCUT2D eigenvalue weighted by Gasteiger charge is 2.20. The van der Waals surface area contributed by atoms with Crippen molar-refractivity contribution in [2.45, 2.75) is 0 Å². The molecule has 5 nitrogen and oxygen atoms in total. The Morgan fingerprint density at radius 1 is 0.500 bits per heavy atom. The number of rotatable bonds is 5. The van der Waals surface area contributed by atoms with E-state index in [2.05, 4.69) is 4.98 Å². The van der Waals surface area contributed by atoms with Gasteiger partial charge in [-0.25, -0.2) is 15.0 Å². The van der Waals surface area contributed by atoms with Crippen LogP contribution in [0.1, 0.15) is 16.4 Å². The molecule has 0 saturated carbocycles. The van der Waals surface area contributed by atoms with E-state index in [9.17, 15) is 0 Å². The molecule has 0 atom stereocenters. The molecule has 54 heavy (non-hydrogen) atoms. The quantitative estimate of drug-likeness (QED) is 0.178. The van der Waals surface area contributed by atoms with E-state index in [1.54, 1.807) is 42.7 Å². The van der Waals surface area contributed by atoms with Crippen LogP contribution < -0.4 is 0 Å².